The van der Waals surface area contributed by atoms with Gasteiger partial charge in [0.2, 0.25) is 0 Å². The summed E-state index contributed by atoms with van der Waals surface area (Å²) < 4.78 is 5.57. The molecule has 0 heterocycles. The molecule has 1 unspecified atom stereocenters. The largest absolute Gasteiger partial charge is 0.493 e. The summed E-state index contributed by atoms with van der Waals surface area (Å²) in [7, 11) is 0. The van der Waals surface area contributed by atoms with E-state index >= 15 is 0 Å². The Morgan fingerprint density at radius 2 is 1.95 bits per heavy atom. The minimum Gasteiger partial charge on any atom is -0.493 e. The molecule has 1 aromatic carbocycles. The molecule has 118 valence electrons. The third kappa shape index (κ3) is 5.50. The molecule has 0 saturated heterocycles. The van der Waals surface area contributed by atoms with Crippen molar-refractivity contribution in [2.45, 2.75) is 53.0 Å². The molecule has 0 N–H and O–H groups in total. The van der Waals surface area contributed by atoms with Gasteiger partial charge in [0.05, 0.1) is 18.7 Å². The van der Waals surface area contributed by atoms with Crippen LogP contribution in [-0.2, 0) is 0 Å². The van der Waals surface area contributed by atoms with Gasteiger partial charge in [-0.25, -0.2) is 0 Å². The van der Waals surface area contributed by atoms with Gasteiger partial charge in [-0.05, 0) is 45.4 Å². The summed E-state index contributed by atoms with van der Waals surface area (Å²) in [6, 6.07) is 7.97. The molecule has 3 nitrogen and oxygen atoms in total. The standard InChI is InChI=1S/C18H29NO2/c1-5-8-13-19(15(4)6-2)14-17(20)16-11-9-10-12-18(16)21-7-3/h9-12,15H,5-8,13-14H2,1-4H3. The fraction of sp³-hybridized carbons (Fsp3) is 0.611. The molecule has 0 fully saturated rings. The van der Waals surface area contributed by atoms with Gasteiger partial charge in [-0.1, -0.05) is 32.4 Å². The van der Waals surface area contributed by atoms with Crippen molar-refractivity contribution in [3.8, 4) is 5.75 Å². The summed E-state index contributed by atoms with van der Waals surface area (Å²) in [5.41, 5.74) is 0.698. The quantitative estimate of drug-likeness (QED) is 0.606. The first-order valence-corrected chi connectivity index (χ1v) is 8.13. The number of para-hydroxylation sites is 1. The smallest absolute Gasteiger partial charge is 0.180 e. The first kappa shape index (κ1) is 17.7. The Labute approximate surface area is 129 Å². The molecule has 0 aliphatic heterocycles. The van der Waals surface area contributed by atoms with Crippen LogP contribution >= 0.6 is 0 Å². The highest BCUT2D eigenvalue weighted by Crippen LogP contribution is 2.19. The molecule has 0 amide bonds. The Kier molecular flexibility index (Phi) is 8.06. The lowest BCUT2D eigenvalue weighted by molar-refractivity contribution is 0.0890. The van der Waals surface area contributed by atoms with Crippen LogP contribution in [0.3, 0.4) is 0 Å². The second-order valence-corrected chi connectivity index (χ2v) is 5.43. The SMILES string of the molecule is CCCCN(CC(=O)c1ccccc1OCC)C(C)CC. The van der Waals surface area contributed by atoms with Crippen LogP contribution in [0.5, 0.6) is 5.75 Å². The van der Waals surface area contributed by atoms with E-state index in [-0.39, 0.29) is 5.78 Å². The van der Waals surface area contributed by atoms with E-state index in [2.05, 4.69) is 25.7 Å². The second-order valence-electron chi connectivity index (χ2n) is 5.43. The van der Waals surface area contributed by atoms with Crippen molar-refractivity contribution >= 4 is 5.78 Å². The lowest BCUT2D eigenvalue weighted by atomic mass is 10.1. The molecule has 1 rings (SSSR count). The third-order valence-corrected chi connectivity index (χ3v) is 3.85. The van der Waals surface area contributed by atoms with Gasteiger partial charge < -0.3 is 4.74 Å². The number of ketones is 1. The minimum absolute atomic E-state index is 0.149. The van der Waals surface area contributed by atoms with Crippen LogP contribution < -0.4 is 4.74 Å². The van der Waals surface area contributed by atoms with Crippen molar-refractivity contribution in [1.29, 1.82) is 0 Å². The van der Waals surface area contributed by atoms with Crippen LogP contribution in [0.4, 0.5) is 0 Å². The first-order chi connectivity index (χ1) is 10.1. The number of unbranched alkanes of at least 4 members (excludes halogenated alkanes) is 1. The summed E-state index contributed by atoms with van der Waals surface area (Å²) >= 11 is 0. The topological polar surface area (TPSA) is 29.5 Å². The van der Waals surface area contributed by atoms with E-state index in [1.807, 2.05) is 31.2 Å². The summed E-state index contributed by atoms with van der Waals surface area (Å²) in [6.45, 7) is 10.5. The predicted molar refractivity (Wildman–Crippen MR) is 88.2 cm³/mol. The Bertz CT molecular complexity index is 431. The zero-order chi connectivity index (χ0) is 15.7. The van der Waals surface area contributed by atoms with Gasteiger partial charge in [0.25, 0.3) is 0 Å². The minimum atomic E-state index is 0.149. The van der Waals surface area contributed by atoms with Crippen LogP contribution in [0.25, 0.3) is 0 Å². The van der Waals surface area contributed by atoms with Crippen LogP contribution in [0, 0.1) is 0 Å². The molecule has 0 aliphatic carbocycles. The summed E-state index contributed by atoms with van der Waals surface area (Å²) in [5.74, 6) is 0.847. The molecule has 0 saturated carbocycles. The average molecular weight is 291 g/mol. The normalized spacial score (nSPS) is 12.4. The zero-order valence-corrected chi connectivity index (χ0v) is 13.9. The molecule has 0 spiro atoms. The maximum Gasteiger partial charge on any atom is 0.180 e. The molecule has 0 radical (unpaired) electrons. The molecule has 0 aliphatic rings. The number of ether oxygens (including phenoxy) is 1. The van der Waals surface area contributed by atoms with E-state index < -0.39 is 0 Å². The lowest BCUT2D eigenvalue weighted by Crippen LogP contribution is -2.37. The number of rotatable bonds is 10. The summed E-state index contributed by atoms with van der Waals surface area (Å²) in [5, 5.41) is 0. The highest BCUT2D eigenvalue weighted by molar-refractivity contribution is 6.00. The zero-order valence-electron chi connectivity index (χ0n) is 13.9. The Balaban J connectivity index is 2.81. The number of Topliss-reactive ketones (excluding diaryl/α,β-unsaturated/α-hetero) is 1. The number of carbonyl (C=O) groups is 1. The van der Waals surface area contributed by atoms with Crippen molar-refractivity contribution in [3.05, 3.63) is 29.8 Å². The molecular formula is C18H29NO2. The van der Waals surface area contributed by atoms with Gasteiger partial charge >= 0.3 is 0 Å². The molecule has 21 heavy (non-hydrogen) atoms. The van der Waals surface area contributed by atoms with Crippen LogP contribution in [-0.4, -0.2) is 36.4 Å². The number of benzene rings is 1. The summed E-state index contributed by atoms with van der Waals surface area (Å²) in [6.07, 6.45) is 3.34. The van der Waals surface area contributed by atoms with E-state index in [4.69, 9.17) is 4.74 Å². The van der Waals surface area contributed by atoms with Crippen molar-refractivity contribution in [1.82, 2.24) is 4.90 Å². The first-order valence-electron chi connectivity index (χ1n) is 8.13. The van der Waals surface area contributed by atoms with E-state index in [9.17, 15) is 4.79 Å². The van der Waals surface area contributed by atoms with Gasteiger partial charge in [0.15, 0.2) is 5.78 Å². The van der Waals surface area contributed by atoms with E-state index in [1.54, 1.807) is 0 Å². The fourth-order valence-electron chi connectivity index (χ4n) is 2.32. The van der Waals surface area contributed by atoms with Crippen molar-refractivity contribution in [3.63, 3.8) is 0 Å². The van der Waals surface area contributed by atoms with E-state index in [0.717, 1.165) is 25.8 Å². The number of hydrogen-bond donors (Lipinski definition) is 0. The molecule has 1 aromatic rings. The van der Waals surface area contributed by atoms with Gasteiger partial charge in [0.1, 0.15) is 5.75 Å². The maximum absolute atomic E-state index is 12.6. The van der Waals surface area contributed by atoms with Gasteiger partial charge in [0, 0.05) is 6.04 Å². The molecule has 0 bridgehead atoms. The monoisotopic (exact) mass is 291 g/mol. The summed E-state index contributed by atoms with van der Waals surface area (Å²) in [4.78, 5) is 14.9. The van der Waals surface area contributed by atoms with Crippen molar-refractivity contribution < 1.29 is 9.53 Å². The number of nitrogens with zero attached hydrogens (tertiary/aromatic N) is 1. The van der Waals surface area contributed by atoms with Crippen LogP contribution in [0.1, 0.15) is 57.3 Å². The lowest BCUT2D eigenvalue weighted by Gasteiger charge is -2.27. The Hall–Kier alpha value is -1.35. The average Bonchev–Trinajstić information content (AvgIpc) is 2.51. The molecule has 3 heteroatoms. The van der Waals surface area contributed by atoms with Gasteiger partial charge in [-0.3, -0.25) is 9.69 Å². The van der Waals surface area contributed by atoms with Gasteiger partial charge in [-0.2, -0.15) is 0 Å². The van der Waals surface area contributed by atoms with E-state index in [1.165, 1.54) is 0 Å². The highest BCUT2D eigenvalue weighted by atomic mass is 16.5. The van der Waals surface area contributed by atoms with Crippen molar-refractivity contribution in [2.75, 3.05) is 19.7 Å². The molecule has 0 aromatic heterocycles. The van der Waals surface area contributed by atoms with Crippen molar-refractivity contribution in [2.24, 2.45) is 0 Å². The van der Waals surface area contributed by atoms with E-state index in [0.29, 0.717) is 30.5 Å². The fourth-order valence-corrected chi connectivity index (χ4v) is 2.32. The molecule has 1 atom stereocenters. The number of hydrogen-bond acceptors (Lipinski definition) is 3. The third-order valence-electron chi connectivity index (χ3n) is 3.85. The second kappa shape index (κ2) is 9.56. The van der Waals surface area contributed by atoms with Crippen LogP contribution in [0.15, 0.2) is 24.3 Å². The Morgan fingerprint density at radius 1 is 1.24 bits per heavy atom. The van der Waals surface area contributed by atoms with Crippen LogP contribution in [0.2, 0.25) is 0 Å². The Morgan fingerprint density at radius 3 is 2.57 bits per heavy atom. The maximum atomic E-state index is 12.6. The predicted octanol–water partition coefficient (Wildman–Crippen LogP) is 4.17. The highest BCUT2D eigenvalue weighted by Gasteiger charge is 2.19. The molecular weight excluding hydrogens is 262 g/mol. The number of carbonyl (C=O) groups excluding carboxylic acids is 1. The van der Waals surface area contributed by atoms with Gasteiger partial charge in [-0.15, -0.1) is 0 Å².